The average Bonchev–Trinajstić information content (AvgIpc) is 3.20. The summed E-state index contributed by atoms with van der Waals surface area (Å²) in [5.74, 6) is 3.50. The van der Waals surface area contributed by atoms with Crippen molar-refractivity contribution in [3.05, 3.63) is 84.2 Å². The number of para-hydroxylation sites is 2. The number of benzene rings is 3. The van der Waals surface area contributed by atoms with Crippen LogP contribution in [0.15, 0.2) is 72.8 Å². The van der Waals surface area contributed by atoms with Crippen molar-refractivity contribution in [2.45, 2.75) is 52.2 Å². The smallest absolute Gasteiger partial charge is 0.147 e. The zero-order valence-corrected chi connectivity index (χ0v) is 20.6. The maximum absolute atomic E-state index is 6.12. The van der Waals surface area contributed by atoms with E-state index in [1.165, 1.54) is 5.56 Å². The van der Waals surface area contributed by atoms with Gasteiger partial charge in [-0.1, -0.05) is 45.0 Å². The van der Waals surface area contributed by atoms with Crippen molar-refractivity contribution >= 4 is 11.0 Å². The monoisotopic (exact) mass is 458 g/mol. The van der Waals surface area contributed by atoms with Gasteiger partial charge in [0.1, 0.15) is 29.7 Å². The van der Waals surface area contributed by atoms with Crippen molar-refractivity contribution in [3.8, 4) is 17.2 Å². The lowest BCUT2D eigenvalue weighted by molar-refractivity contribution is 0.285. The first-order valence-electron chi connectivity index (χ1n) is 11.9. The summed E-state index contributed by atoms with van der Waals surface area (Å²) < 4.78 is 19.5. The van der Waals surface area contributed by atoms with Crippen molar-refractivity contribution in [2.24, 2.45) is 0 Å². The van der Waals surface area contributed by atoms with Crippen LogP contribution >= 0.6 is 0 Å². The molecule has 3 aromatic carbocycles. The fourth-order valence-corrected chi connectivity index (χ4v) is 3.92. The Labute approximate surface area is 202 Å². The van der Waals surface area contributed by atoms with Gasteiger partial charge >= 0.3 is 0 Å². The lowest BCUT2D eigenvalue weighted by Crippen LogP contribution is -2.11. The second-order valence-electron chi connectivity index (χ2n) is 9.46. The Hall–Kier alpha value is -3.47. The molecule has 178 valence electrons. The molecule has 0 aliphatic carbocycles. The van der Waals surface area contributed by atoms with E-state index >= 15 is 0 Å². The van der Waals surface area contributed by atoms with Crippen LogP contribution in [0.25, 0.3) is 11.0 Å². The van der Waals surface area contributed by atoms with E-state index in [0.29, 0.717) is 13.2 Å². The van der Waals surface area contributed by atoms with Gasteiger partial charge in [-0.05, 0) is 72.4 Å². The van der Waals surface area contributed by atoms with Gasteiger partial charge in [-0.15, -0.1) is 0 Å². The SMILES string of the molecule is COc1ccc(OCCCCn2c(COc3ccc(C(C)(C)C)cc3)nc3ccccc32)cc1. The highest BCUT2D eigenvalue weighted by molar-refractivity contribution is 5.75. The molecule has 0 saturated carbocycles. The summed E-state index contributed by atoms with van der Waals surface area (Å²) in [7, 11) is 1.66. The highest BCUT2D eigenvalue weighted by Gasteiger charge is 2.14. The molecular formula is C29H34N2O3. The molecule has 5 nitrogen and oxygen atoms in total. The number of ether oxygens (including phenoxy) is 3. The first-order valence-corrected chi connectivity index (χ1v) is 11.9. The number of methoxy groups -OCH3 is 1. The average molecular weight is 459 g/mol. The molecule has 0 amide bonds. The number of aromatic nitrogens is 2. The summed E-state index contributed by atoms with van der Waals surface area (Å²) in [4.78, 5) is 4.84. The zero-order chi connectivity index (χ0) is 24.0. The summed E-state index contributed by atoms with van der Waals surface area (Å²) in [5.41, 5.74) is 3.56. The first kappa shape index (κ1) is 23.7. The Bertz CT molecular complexity index is 1190. The van der Waals surface area contributed by atoms with E-state index in [4.69, 9.17) is 19.2 Å². The molecule has 0 unspecified atom stereocenters. The quantitative estimate of drug-likeness (QED) is 0.246. The third-order valence-corrected chi connectivity index (χ3v) is 5.93. The predicted molar refractivity (Wildman–Crippen MR) is 137 cm³/mol. The summed E-state index contributed by atoms with van der Waals surface area (Å²) >= 11 is 0. The summed E-state index contributed by atoms with van der Waals surface area (Å²) in [6, 6.07) is 24.3. The summed E-state index contributed by atoms with van der Waals surface area (Å²) in [6.45, 7) is 8.62. The van der Waals surface area contributed by atoms with E-state index in [-0.39, 0.29) is 5.41 Å². The molecule has 0 spiro atoms. The van der Waals surface area contributed by atoms with Crippen LogP contribution < -0.4 is 14.2 Å². The number of imidazole rings is 1. The first-order chi connectivity index (χ1) is 16.4. The minimum atomic E-state index is 0.129. The van der Waals surface area contributed by atoms with E-state index in [1.807, 2.05) is 42.5 Å². The van der Waals surface area contributed by atoms with E-state index in [9.17, 15) is 0 Å². The van der Waals surface area contributed by atoms with Gasteiger partial charge in [0, 0.05) is 6.54 Å². The highest BCUT2D eigenvalue weighted by atomic mass is 16.5. The zero-order valence-electron chi connectivity index (χ0n) is 20.6. The molecule has 4 aromatic rings. The Morgan fingerprint density at radius 3 is 2.12 bits per heavy atom. The fourth-order valence-electron chi connectivity index (χ4n) is 3.92. The normalized spacial score (nSPS) is 11.5. The van der Waals surface area contributed by atoms with Crippen molar-refractivity contribution in [1.29, 1.82) is 0 Å². The number of aryl methyl sites for hydroxylation is 1. The third-order valence-electron chi connectivity index (χ3n) is 5.93. The molecule has 0 aliphatic heterocycles. The van der Waals surface area contributed by atoms with Gasteiger partial charge in [0.05, 0.1) is 24.8 Å². The second kappa shape index (κ2) is 10.6. The highest BCUT2D eigenvalue weighted by Crippen LogP contribution is 2.25. The number of hydrogen-bond donors (Lipinski definition) is 0. The number of nitrogens with zero attached hydrogens (tertiary/aromatic N) is 2. The molecule has 0 N–H and O–H groups in total. The van der Waals surface area contributed by atoms with Crippen molar-refractivity contribution in [2.75, 3.05) is 13.7 Å². The molecular weight excluding hydrogens is 424 g/mol. The molecule has 1 aromatic heterocycles. The maximum atomic E-state index is 6.12. The molecule has 4 rings (SSSR count). The molecule has 0 fully saturated rings. The molecule has 1 heterocycles. The predicted octanol–water partition coefficient (Wildman–Crippen LogP) is 6.78. The van der Waals surface area contributed by atoms with Crippen molar-refractivity contribution < 1.29 is 14.2 Å². The molecule has 0 atom stereocenters. The molecule has 5 heteroatoms. The fraction of sp³-hybridized carbons (Fsp3) is 0.345. The van der Waals surface area contributed by atoms with Crippen molar-refractivity contribution in [3.63, 3.8) is 0 Å². The minimum absolute atomic E-state index is 0.129. The molecule has 0 bridgehead atoms. The number of fused-ring (bicyclic) bond motifs is 1. The van der Waals surface area contributed by atoms with Crippen LogP contribution in [0.5, 0.6) is 17.2 Å². The molecule has 0 saturated heterocycles. The molecule has 34 heavy (non-hydrogen) atoms. The minimum Gasteiger partial charge on any atom is -0.497 e. The van der Waals surface area contributed by atoms with Crippen molar-refractivity contribution in [1.82, 2.24) is 9.55 Å². The molecule has 0 radical (unpaired) electrons. The van der Waals surface area contributed by atoms with Crippen LogP contribution in [0.4, 0.5) is 0 Å². The van der Waals surface area contributed by atoms with E-state index in [2.05, 4.69) is 55.7 Å². The van der Waals surface area contributed by atoms with Crippen LogP contribution in [-0.2, 0) is 18.6 Å². The van der Waals surface area contributed by atoms with Gasteiger partial charge in [-0.2, -0.15) is 0 Å². The van der Waals surface area contributed by atoms with Gasteiger partial charge in [-0.25, -0.2) is 4.98 Å². The van der Waals surface area contributed by atoms with E-state index < -0.39 is 0 Å². The van der Waals surface area contributed by atoms with Crippen LogP contribution in [0, 0.1) is 0 Å². The van der Waals surface area contributed by atoms with E-state index in [0.717, 1.165) is 53.5 Å². The Balaban J connectivity index is 1.36. The van der Waals surface area contributed by atoms with Gasteiger partial charge in [-0.3, -0.25) is 0 Å². The summed E-state index contributed by atoms with van der Waals surface area (Å²) in [5, 5.41) is 0. The molecule has 0 aliphatic rings. The van der Waals surface area contributed by atoms with Gasteiger partial charge in [0.25, 0.3) is 0 Å². The van der Waals surface area contributed by atoms with Gasteiger partial charge in [0.15, 0.2) is 0 Å². The van der Waals surface area contributed by atoms with Crippen LogP contribution in [0.1, 0.15) is 45.0 Å². The van der Waals surface area contributed by atoms with Crippen LogP contribution in [0.3, 0.4) is 0 Å². The second-order valence-corrected chi connectivity index (χ2v) is 9.46. The number of rotatable bonds is 10. The van der Waals surface area contributed by atoms with Crippen LogP contribution in [0.2, 0.25) is 0 Å². The lowest BCUT2D eigenvalue weighted by Gasteiger charge is -2.19. The topological polar surface area (TPSA) is 45.5 Å². The number of unbranched alkanes of at least 4 members (excludes halogenated alkanes) is 1. The van der Waals surface area contributed by atoms with Crippen LogP contribution in [-0.4, -0.2) is 23.3 Å². The Morgan fingerprint density at radius 1 is 0.765 bits per heavy atom. The van der Waals surface area contributed by atoms with E-state index in [1.54, 1.807) is 7.11 Å². The Kier molecular flexibility index (Phi) is 7.41. The largest absolute Gasteiger partial charge is 0.497 e. The maximum Gasteiger partial charge on any atom is 0.147 e. The van der Waals surface area contributed by atoms with Gasteiger partial charge in [0.2, 0.25) is 0 Å². The lowest BCUT2D eigenvalue weighted by atomic mass is 9.87. The summed E-state index contributed by atoms with van der Waals surface area (Å²) in [6.07, 6.45) is 1.94. The Morgan fingerprint density at radius 2 is 1.41 bits per heavy atom. The standard InChI is InChI=1S/C29H34N2O3/c1-29(2,3)22-11-13-25(14-12-22)34-21-28-30-26-9-5-6-10-27(26)31(28)19-7-8-20-33-24-17-15-23(32-4)16-18-24/h5-6,9-18H,7-8,19-21H2,1-4H3. The van der Waals surface area contributed by atoms with Gasteiger partial charge < -0.3 is 18.8 Å². The number of hydrogen-bond acceptors (Lipinski definition) is 4. The third kappa shape index (κ3) is 5.90.